The summed E-state index contributed by atoms with van der Waals surface area (Å²) in [7, 11) is 0. The molecule has 0 unspecified atom stereocenters. The Morgan fingerprint density at radius 2 is 1.95 bits per heavy atom. The quantitative estimate of drug-likeness (QED) is 0.741. The highest BCUT2D eigenvalue weighted by atomic mass is 79.9. The molecule has 1 fully saturated rings. The Bertz CT molecular complexity index is 425. The summed E-state index contributed by atoms with van der Waals surface area (Å²) in [5.41, 5.74) is 1.16. The van der Waals surface area contributed by atoms with Gasteiger partial charge < -0.3 is 15.5 Å². The van der Waals surface area contributed by atoms with Gasteiger partial charge in [-0.1, -0.05) is 31.4 Å². The number of rotatable bonds is 6. The number of aliphatic hydroxyl groups is 1. The lowest BCUT2D eigenvalue weighted by molar-refractivity contribution is 0.126. The number of phenolic OH excluding ortho intramolecular Hbond substituents is 1. The molecular weight excluding hydrogens is 318 g/mol. The minimum Gasteiger partial charge on any atom is -0.506 e. The fourth-order valence-corrected chi connectivity index (χ4v) is 3.63. The molecule has 0 radical (unpaired) electrons. The standard InChI is InChI=1S/C16H24BrNO2/c17-14-6-4-5-13(15(14)20)11-18-12-16(9-10-19)7-2-1-3-8-16/h4-6,18-20H,1-3,7-12H2. The molecule has 0 atom stereocenters. The first-order valence-electron chi connectivity index (χ1n) is 7.45. The number of para-hydroxylation sites is 1. The van der Waals surface area contributed by atoms with Crippen molar-refractivity contribution in [2.24, 2.45) is 5.41 Å². The molecule has 20 heavy (non-hydrogen) atoms. The third-order valence-corrected chi connectivity index (χ3v) is 5.08. The van der Waals surface area contributed by atoms with Crippen LogP contribution in [0, 0.1) is 5.41 Å². The van der Waals surface area contributed by atoms with Crippen molar-refractivity contribution in [1.82, 2.24) is 5.32 Å². The van der Waals surface area contributed by atoms with Crippen LogP contribution in [-0.2, 0) is 6.54 Å². The summed E-state index contributed by atoms with van der Waals surface area (Å²) >= 11 is 3.34. The van der Waals surface area contributed by atoms with Gasteiger partial charge in [-0.2, -0.15) is 0 Å². The molecule has 3 N–H and O–H groups in total. The summed E-state index contributed by atoms with van der Waals surface area (Å²) in [4.78, 5) is 0. The highest BCUT2D eigenvalue weighted by Crippen LogP contribution is 2.38. The first-order chi connectivity index (χ1) is 9.67. The van der Waals surface area contributed by atoms with Gasteiger partial charge in [-0.3, -0.25) is 0 Å². The summed E-state index contributed by atoms with van der Waals surface area (Å²) in [5.74, 6) is 0.319. The van der Waals surface area contributed by atoms with Crippen LogP contribution in [-0.4, -0.2) is 23.4 Å². The molecule has 1 aromatic rings. The molecule has 4 heteroatoms. The van der Waals surface area contributed by atoms with E-state index in [0.717, 1.165) is 23.0 Å². The van der Waals surface area contributed by atoms with E-state index < -0.39 is 0 Å². The lowest BCUT2D eigenvalue weighted by Crippen LogP contribution is -2.36. The van der Waals surface area contributed by atoms with E-state index in [1.165, 1.54) is 32.1 Å². The van der Waals surface area contributed by atoms with Gasteiger partial charge in [-0.25, -0.2) is 0 Å². The van der Waals surface area contributed by atoms with E-state index in [4.69, 9.17) is 0 Å². The average Bonchev–Trinajstić information content (AvgIpc) is 2.45. The second kappa shape index (κ2) is 7.43. The zero-order valence-electron chi connectivity index (χ0n) is 11.9. The summed E-state index contributed by atoms with van der Waals surface area (Å²) in [6.07, 6.45) is 7.13. The molecule has 0 heterocycles. The van der Waals surface area contributed by atoms with Crippen molar-refractivity contribution >= 4 is 15.9 Å². The van der Waals surface area contributed by atoms with Crippen molar-refractivity contribution in [3.8, 4) is 5.75 Å². The molecule has 2 rings (SSSR count). The maximum absolute atomic E-state index is 9.98. The number of nitrogens with one attached hydrogen (secondary N) is 1. The van der Waals surface area contributed by atoms with Crippen LogP contribution in [0.15, 0.2) is 22.7 Å². The van der Waals surface area contributed by atoms with Gasteiger partial charge in [-0.15, -0.1) is 0 Å². The normalized spacial score (nSPS) is 18.1. The van der Waals surface area contributed by atoms with Gasteiger partial charge in [0.05, 0.1) is 4.47 Å². The number of halogens is 1. The molecule has 0 aromatic heterocycles. The van der Waals surface area contributed by atoms with E-state index in [2.05, 4.69) is 21.2 Å². The molecule has 112 valence electrons. The largest absolute Gasteiger partial charge is 0.506 e. The molecule has 3 nitrogen and oxygen atoms in total. The van der Waals surface area contributed by atoms with Crippen molar-refractivity contribution in [3.05, 3.63) is 28.2 Å². The van der Waals surface area contributed by atoms with Crippen LogP contribution < -0.4 is 5.32 Å². The lowest BCUT2D eigenvalue weighted by atomic mass is 9.72. The molecular formula is C16H24BrNO2. The van der Waals surface area contributed by atoms with Crippen LogP contribution in [0.3, 0.4) is 0 Å². The highest BCUT2D eigenvalue weighted by Gasteiger charge is 2.30. The Labute approximate surface area is 129 Å². The topological polar surface area (TPSA) is 52.5 Å². The monoisotopic (exact) mass is 341 g/mol. The van der Waals surface area contributed by atoms with Crippen LogP contribution in [0.5, 0.6) is 5.75 Å². The van der Waals surface area contributed by atoms with Crippen molar-refractivity contribution < 1.29 is 10.2 Å². The first kappa shape index (κ1) is 15.8. The van der Waals surface area contributed by atoms with Crippen molar-refractivity contribution in [2.75, 3.05) is 13.2 Å². The Balaban J connectivity index is 1.91. The number of benzene rings is 1. The minimum atomic E-state index is 0.245. The van der Waals surface area contributed by atoms with Gasteiger partial charge in [0, 0.05) is 25.3 Å². The Morgan fingerprint density at radius 1 is 1.20 bits per heavy atom. The summed E-state index contributed by atoms with van der Waals surface area (Å²) in [5, 5.41) is 22.8. The predicted octanol–water partition coefficient (Wildman–Crippen LogP) is 3.58. The molecule has 1 saturated carbocycles. The molecule has 1 aliphatic rings. The van der Waals surface area contributed by atoms with Gasteiger partial charge in [0.15, 0.2) is 0 Å². The molecule has 0 spiro atoms. The number of aliphatic hydroxyl groups excluding tert-OH is 1. The maximum Gasteiger partial charge on any atom is 0.134 e. The fraction of sp³-hybridized carbons (Fsp3) is 0.625. The summed E-state index contributed by atoms with van der Waals surface area (Å²) in [6.45, 7) is 1.85. The lowest BCUT2D eigenvalue weighted by Gasteiger charge is -2.37. The number of hydrogen-bond acceptors (Lipinski definition) is 3. The van der Waals surface area contributed by atoms with Gasteiger partial charge in [0.25, 0.3) is 0 Å². The minimum absolute atomic E-state index is 0.245. The van der Waals surface area contributed by atoms with Crippen molar-refractivity contribution in [1.29, 1.82) is 0 Å². The molecule has 1 aliphatic carbocycles. The Hall–Kier alpha value is -0.580. The molecule has 0 aliphatic heterocycles. The van der Waals surface area contributed by atoms with Crippen molar-refractivity contribution in [3.63, 3.8) is 0 Å². The fourth-order valence-electron chi connectivity index (χ4n) is 3.22. The second-order valence-corrected chi connectivity index (χ2v) is 6.74. The Kier molecular flexibility index (Phi) is 5.87. The number of phenols is 1. The van der Waals surface area contributed by atoms with Gasteiger partial charge >= 0.3 is 0 Å². The van der Waals surface area contributed by atoms with Crippen molar-refractivity contribution in [2.45, 2.75) is 45.1 Å². The van der Waals surface area contributed by atoms with Crippen LogP contribution in [0.25, 0.3) is 0 Å². The maximum atomic E-state index is 9.98. The van der Waals surface area contributed by atoms with Gasteiger partial charge in [0.2, 0.25) is 0 Å². The predicted molar refractivity (Wildman–Crippen MR) is 84.7 cm³/mol. The van der Waals surface area contributed by atoms with Crippen LogP contribution in [0.1, 0.15) is 44.1 Å². The smallest absolute Gasteiger partial charge is 0.134 e. The molecule has 1 aromatic carbocycles. The Morgan fingerprint density at radius 3 is 2.65 bits per heavy atom. The zero-order chi connectivity index (χ0) is 14.4. The highest BCUT2D eigenvalue weighted by molar-refractivity contribution is 9.10. The third kappa shape index (κ3) is 3.96. The molecule has 0 bridgehead atoms. The van der Waals surface area contributed by atoms with Crippen LogP contribution >= 0.6 is 15.9 Å². The van der Waals surface area contributed by atoms with Gasteiger partial charge in [-0.05, 0) is 46.7 Å². The zero-order valence-corrected chi connectivity index (χ0v) is 13.5. The van der Waals surface area contributed by atoms with Gasteiger partial charge in [0.1, 0.15) is 5.75 Å². The van der Waals surface area contributed by atoms with E-state index >= 15 is 0 Å². The van der Waals surface area contributed by atoms with Crippen LogP contribution in [0.4, 0.5) is 0 Å². The number of hydrogen-bond donors (Lipinski definition) is 3. The van der Waals surface area contributed by atoms with E-state index in [-0.39, 0.29) is 12.0 Å². The van der Waals surface area contributed by atoms with Crippen LogP contribution in [0.2, 0.25) is 0 Å². The molecule has 0 amide bonds. The van der Waals surface area contributed by atoms with E-state index in [9.17, 15) is 10.2 Å². The number of aromatic hydroxyl groups is 1. The van der Waals surface area contributed by atoms with E-state index in [1.807, 2.05) is 18.2 Å². The third-order valence-electron chi connectivity index (χ3n) is 4.44. The van der Waals surface area contributed by atoms with E-state index in [0.29, 0.717) is 12.3 Å². The summed E-state index contributed by atoms with van der Waals surface area (Å²) in [6, 6.07) is 5.71. The summed E-state index contributed by atoms with van der Waals surface area (Å²) < 4.78 is 0.736. The first-order valence-corrected chi connectivity index (χ1v) is 8.24. The second-order valence-electron chi connectivity index (χ2n) is 5.89. The van der Waals surface area contributed by atoms with E-state index in [1.54, 1.807) is 0 Å². The average molecular weight is 342 g/mol. The SMILES string of the molecule is OCCC1(CNCc2cccc(Br)c2O)CCCCC1. The molecule has 0 saturated heterocycles.